The minimum absolute atomic E-state index is 0.00882. The number of rotatable bonds is 7. The van der Waals surface area contributed by atoms with Gasteiger partial charge in [-0.2, -0.15) is 0 Å². The third kappa shape index (κ3) is 5.79. The number of nitrogens with one attached hydrogen (secondary N) is 1. The summed E-state index contributed by atoms with van der Waals surface area (Å²) >= 11 is 0. The van der Waals surface area contributed by atoms with Crippen LogP contribution in [-0.4, -0.2) is 92.4 Å². The van der Waals surface area contributed by atoms with E-state index in [-0.39, 0.29) is 24.1 Å². The average molecular weight is 667 g/mol. The summed E-state index contributed by atoms with van der Waals surface area (Å²) < 4.78 is 6.91. The third-order valence-electron chi connectivity index (χ3n) is 11.4. The Labute approximate surface area is 287 Å². The van der Waals surface area contributed by atoms with E-state index in [1.807, 2.05) is 30.6 Å². The molecular formula is C37H46N8O4. The van der Waals surface area contributed by atoms with E-state index in [1.165, 1.54) is 11.0 Å². The second-order valence-electron chi connectivity index (χ2n) is 14.6. The van der Waals surface area contributed by atoms with Crippen LogP contribution in [-0.2, 0) is 23.2 Å². The van der Waals surface area contributed by atoms with Gasteiger partial charge >= 0.3 is 0 Å². The number of ether oxygens (including phenoxy) is 1. The molecule has 2 N–H and O–H groups in total. The molecule has 3 aromatic heterocycles. The Morgan fingerprint density at radius 3 is 2.63 bits per heavy atom. The van der Waals surface area contributed by atoms with E-state index in [0.29, 0.717) is 64.0 Å². The van der Waals surface area contributed by atoms with Crippen LogP contribution in [0.3, 0.4) is 0 Å². The highest BCUT2D eigenvalue weighted by molar-refractivity contribution is 6.00. The number of anilines is 4. The van der Waals surface area contributed by atoms with Crippen LogP contribution in [0.25, 0.3) is 11.1 Å². The number of pyridine rings is 3. The predicted molar refractivity (Wildman–Crippen MR) is 189 cm³/mol. The molecule has 4 aliphatic heterocycles. The molecule has 1 saturated carbocycles. The topological polar surface area (TPSA) is 119 Å². The van der Waals surface area contributed by atoms with E-state index < -0.39 is 0 Å². The molecule has 0 radical (unpaired) electrons. The van der Waals surface area contributed by atoms with E-state index >= 15 is 0 Å². The fourth-order valence-corrected chi connectivity index (χ4v) is 8.73. The lowest BCUT2D eigenvalue weighted by atomic mass is 9.79. The summed E-state index contributed by atoms with van der Waals surface area (Å²) in [6, 6.07) is 8.63. The molecule has 4 fully saturated rings. The van der Waals surface area contributed by atoms with Gasteiger partial charge in [-0.05, 0) is 74.3 Å². The number of fused-ring (bicyclic) bond motifs is 3. The molecule has 1 aliphatic carbocycles. The second kappa shape index (κ2) is 12.9. The van der Waals surface area contributed by atoms with Crippen molar-refractivity contribution in [1.29, 1.82) is 0 Å². The fourth-order valence-electron chi connectivity index (χ4n) is 8.73. The van der Waals surface area contributed by atoms with E-state index in [1.54, 1.807) is 36.6 Å². The van der Waals surface area contributed by atoms with Crippen molar-refractivity contribution in [2.75, 3.05) is 48.0 Å². The molecule has 1 amide bonds. The van der Waals surface area contributed by atoms with Crippen LogP contribution in [0.4, 0.5) is 23.0 Å². The van der Waals surface area contributed by atoms with Gasteiger partial charge in [0.05, 0.1) is 37.7 Å². The summed E-state index contributed by atoms with van der Waals surface area (Å²) in [6.07, 6.45) is 13.4. The van der Waals surface area contributed by atoms with Crippen molar-refractivity contribution in [3.05, 3.63) is 71.2 Å². The van der Waals surface area contributed by atoms with Crippen molar-refractivity contribution in [3.8, 4) is 11.1 Å². The van der Waals surface area contributed by atoms with Crippen LogP contribution < -0.4 is 20.7 Å². The molecule has 258 valence electrons. The first-order chi connectivity index (χ1) is 23.8. The molecule has 12 heteroatoms. The molecule has 0 aromatic carbocycles. The summed E-state index contributed by atoms with van der Waals surface area (Å²) in [5.74, 6) is 2.18. The predicted octanol–water partition coefficient (Wildman–Crippen LogP) is 3.68. The summed E-state index contributed by atoms with van der Waals surface area (Å²) in [6.45, 7) is 8.80. The number of piperazine rings is 1. The number of aliphatic hydroxyl groups excluding tert-OH is 1. The minimum Gasteiger partial charge on any atom is -0.392 e. The molecule has 5 aliphatic rings. The van der Waals surface area contributed by atoms with Gasteiger partial charge in [0.25, 0.3) is 11.5 Å². The van der Waals surface area contributed by atoms with Crippen LogP contribution in [0.2, 0.25) is 0 Å². The van der Waals surface area contributed by atoms with Gasteiger partial charge in [0.15, 0.2) is 0 Å². The zero-order valence-corrected chi connectivity index (χ0v) is 28.5. The number of aliphatic hydroxyl groups is 1. The first-order valence-corrected chi connectivity index (χ1v) is 17.7. The smallest absolute Gasteiger partial charge is 0.274 e. The summed E-state index contributed by atoms with van der Waals surface area (Å²) in [5, 5.41) is 13.9. The molecule has 49 heavy (non-hydrogen) atoms. The first-order valence-electron chi connectivity index (χ1n) is 17.7. The van der Waals surface area contributed by atoms with Crippen molar-refractivity contribution < 1.29 is 14.6 Å². The summed E-state index contributed by atoms with van der Waals surface area (Å²) in [5.41, 5.74) is 3.16. The maximum absolute atomic E-state index is 13.9. The third-order valence-corrected chi connectivity index (χ3v) is 11.4. The SMILES string of the molecule is CC1CCC2C(C1)CC1C(=O)N(c3nccc(-c4cc(Nc5ccc(N6CCN(C7COC7)C[C@@H]6C)cn5)c(=O)n(C)c4)c3CO)C=CN12. The van der Waals surface area contributed by atoms with E-state index in [2.05, 4.69) is 43.8 Å². The number of aryl methyl sites for hydroxylation is 1. The van der Waals surface area contributed by atoms with Gasteiger partial charge in [-0.1, -0.05) is 6.92 Å². The maximum atomic E-state index is 13.9. The number of carbonyl (C=O) groups excluding carboxylic acids is 1. The van der Waals surface area contributed by atoms with Crippen LogP contribution in [0.5, 0.6) is 0 Å². The Morgan fingerprint density at radius 1 is 1.04 bits per heavy atom. The number of nitrogens with zero attached hydrogens (tertiary/aromatic N) is 7. The highest BCUT2D eigenvalue weighted by atomic mass is 16.5. The number of hydrogen-bond acceptors (Lipinski definition) is 10. The molecule has 3 aromatic rings. The summed E-state index contributed by atoms with van der Waals surface area (Å²) in [4.78, 5) is 45.3. The Kier molecular flexibility index (Phi) is 8.41. The second-order valence-corrected chi connectivity index (χ2v) is 14.6. The van der Waals surface area contributed by atoms with Gasteiger partial charge in [-0.25, -0.2) is 9.97 Å². The average Bonchev–Trinajstić information content (AvgIpc) is 3.45. The van der Waals surface area contributed by atoms with E-state index in [0.717, 1.165) is 57.8 Å². The number of carbonyl (C=O) groups is 1. The summed E-state index contributed by atoms with van der Waals surface area (Å²) in [7, 11) is 1.71. The minimum atomic E-state index is -0.316. The molecular weight excluding hydrogens is 620 g/mol. The largest absolute Gasteiger partial charge is 0.392 e. The molecule has 5 atom stereocenters. The lowest BCUT2D eigenvalue weighted by Gasteiger charge is -2.46. The zero-order chi connectivity index (χ0) is 33.8. The first kappa shape index (κ1) is 32.0. The molecule has 0 spiro atoms. The highest BCUT2D eigenvalue weighted by Crippen LogP contribution is 2.44. The van der Waals surface area contributed by atoms with Crippen molar-refractivity contribution in [2.45, 2.75) is 70.3 Å². The normalized spacial score (nSPS) is 27.2. The van der Waals surface area contributed by atoms with Gasteiger partial charge in [0, 0.05) is 74.7 Å². The molecule has 0 bridgehead atoms. The Bertz CT molecular complexity index is 1810. The number of hydrogen-bond donors (Lipinski definition) is 2. The molecule has 4 unspecified atom stereocenters. The monoisotopic (exact) mass is 666 g/mol. The lowest BCUT2D eigenvalue weighted by Crippen LogP contribution is -2.59. The van der Waals surface area contributed by atoms with E-state index in [9.17, 15) is 14.7 Å². The Morgan fingerprint density at radius 2 is 1.90 bits per heavy atom. The van der Waals surface area contributed by atoms with Crippen LogP contribution in [0.1, 0.15) is 45.1 Å². The van der Waals surface area contributed by atoms with E-state index in [4.69, 9.17) is 4.74 Å². The van der Waals surface area contributed by atoms with Gasteiger partial charge in [0.2, 0.25) is 0 Å². The Balaban J connectivity index is 1.02. The molecule has 7 heterocycles. The van der Waals surface area contributed by atoms with Gasteiger partial charge in [-0.3, -0.25) is 19.4 Å². The van der Waals surface area contributed by atoms with Gasteiger partial charge in [-0.15, -0.1) is 0 Å². The molecule has 12 nitrogen and oxygen atoms in total. The van der Waals surface area contributed by atoms with Crippen LogP contribution >= 0.6 is 0 Å². The fraction of sp³-hybridized carbons (Fsp3) is 0.514. The lowest BCUT2D eigenvalue weighted by molar-refractivity contribution is -0.122. The van der Waals surface area contributed by atoms with Gasteiger partial charge < -0.3 is 29.5 Å². The number of aromatic nitrogens is 3. The Hall–Kier alpha value is -4.26. The van der Waals surface area contributed by atoms with Crippen molar-refractivity contribution >= 4 is 28.9 Å². The van der Waals surface area contributed by atoms with Gasteiger partial charge in [0.1, 0.15) is 23.4 Å². The molecule has 3 saturated heterocycles. The van der Waals surface area contributed by atoms with Crippen LogP contribution in [0, 0.1) is 11.8 Å². The quantitative estimate of drug-likeness (QED) is 0.387. The van der Waals surface area contributed by atoms with Crippen molar-refractivity contribution in [3.63, 3.8) is 0 Å². The number of amides is 1. The van der Waals surface area contributed by atoms with Crippen molar-refractivity contribution in [2.24, 2.45) is 18.9 Å². The standard InChI is InChI=1S/C37H46N8O4/c1-23-4-6-32-25(14-23)16-33-37(48)45(13-12-44(32)33)35-30(20-46)29(8-9-38-35)26-15-31(36(47)41(3)19-26)40-34-7-5-27(17-39-34)43-11-10-42(18-24(43)2)28-21-49-22-28/h5,7-9,12-13,15,17,19,23-25,28,32-33,46H,4,6,10-11,14,16,18,20-22H2,1-3H3,(H,39,40)/t23?,24-,25?,32?,33?/m0/s1. The van der Waals surface area contributed by atoms with Crippen molar-refractivity contribution in [1.82, 2.24) is 24.3 Å². The zero-order valence-electron chi connectivity index (χ0n) is 28.5. The van der Waals surface area contributed by atoms with Crippen LogP contribution in [0.15, 0.2) is 60.1 Å². The highest BCUT2D eigenvalue weighted by Gasteiger charge is 2.48. The maximum Gasteiger partial charge on any atom is 0.274 e. The molecule has 8 rings (SSSR count).